The van der Waals surface area contributed by atoms with Gasteiger partial charge < -0.3 is 9.42 Å². The summed E-state index contributed by atoms with van der Waals surface area (Å²) in [5.74, 6) is 0. The molecular formula is C14H15O4P. The molecule has 1 atom stereocenters. The first-order valence-corrected chi connectivity index (χ1v) is 7.16. The van der Waals surface area contributed by atoms with Crippen LogP contribution in [-0.4, -0.2) is 11.4 Å². The fourth-order valence-corrected chi connectivity index (χ4v) is 2.06. The molecule has 2 rings (SSSR count). The molecule has 19 heavy (non-hydrogen) atoms. The van der Waals surface area contributed by atoms with Crippen molar-refractivity contribution < 1.29 is 18.8 Å². The Labute approximate surface area is 112 Å². The molecule has 0 aliphatic heterocycles. The molecule has 0 bridgehead atoms. The van der Waals surface area contributed by atoms with Gasteiger partial charge in [-0.25, -0.2) is 4.57 Å². The molecule has 4 nitrogen and oxygen atoms in total. The van der Waals surface area contributed by atoms with Crippen LogP contribution in [0.1, 0.15) is 5.56 Å². The summed E-state index contributed by atoms with van der Waals surface area (Å²) in [4.78, 5) is 18.9. The van der Waals surface area contributed by atoms with E-state index in [9.17, 15) is 9.36 Å². The van der Waals surface area contributed by atoms with E-state index in [-0.39, 0.29) is 11.8 Å². The Kier molecular flexibility index (Phi) is 6.00. The van der Waals surface area contributed by atoms with Crippen molar-refractivity contribution in [1.82, 2.24) is 0 Å². The first kappa shape index (κ1) is 15.2. The zero-order valence-corrected chi connectivity index (χ0v) is 11.4. The van der Waals surface area contributed by atoms with E-state index in [1.807, 2.05) is 18.2 Å². The Morgan fingerprint density at radius 3 is 1.84 bits per heavy atom. The maximum absolute atomic E-state index is 11.1. The third kappa shape index (κ3) is 5.51. The summed E-state index contributed by atoms with van der Waals surface area (Å²) in [6, 6.07) is 18.0. The number of hydrogen-bond donors (Lipinski definition) is 1. The number of hydrogen-bond acceptors (Lipinski definition) is 3. The summed E-state index contributed by atoms with van der Waals surface area (Å²) in [6.07, 6.45) is 0. The van der Waals surface area contributed by atoms with Crippen molar-refractivity contribution in [3.63, 3.8) is 0 Å². The lowest BCUT2D eigenvalue weighted by molar-refractivity contribution is -0.120. The molecule has 100 valence electrons. The molecule has 2 aromatic rings. The van der Waals surface area contributed by atoms with E-state index in [4.69, 9.17) is 4.89 Å². The van der Waals surface area contributed by atoms with Gasteiger partial charge in [0, 0.05) is 0 Å². The van der Waals surface area contributed by atoms with Gasteiger partial charge in [-0.05, 0) is 19.1 Å². The second kappa shape index (κ2) is 7.52. The zero-order chi connectivity index (χ0) is 14.1. The van der Waals surface area contributed by atoms with Gasteiger partial charge in [-0.2, -0.15) is 0 Å². The van der Waals surface area contributed by atoms with E-state index in [0.29, 0.717) is 0 Å². The third-order valence-corrected chi connectivity index (χ3v) is 3.53. The molecule has 0 aromatic heterocycles. The molecule has 0 amide bonds. The van der Waals surface area contributed by atoms with Crippen molar-refractivity contribution in [3.8, 4) is 0 Å². The van der Waals surface area contributed by atoms with Crippen molar-refractivity contribution in [2.45, 2.75) is 6.92 Å². The predicted octanol–water partition coefficient (Wildman–Crippen LogP) is 2.67. The van der Waals surface area contributed by atoms with Crippen molar-refractivity contribution in [1.29, 1.82) is 0 Å². The van der Waals surface area contributed by atoms with Crippen LogP contribution in [0.3, 0.4) is 0 Å². The first-order valence-electron chi connectivity index (χ1n) is 5.58. The molecule has 0 heterocycles. The maximum Gasteiger partial charge on any atom is 0.410 e. The van der Waals surface area contributed by atoms with Gasteiger partial charge in [0.15, 0.2) is 0 Å². The highest BCUT2D eigenvalue weighted by Crippen LogP contribution is 2.39. The molecule has 1 N–H and O–H groups in total. The molecule has 0 saturated carbocycles. The van der Waals surface area contributed by atoms with E-state index in [2.05, 4.69) is 23.6 Å². The van der Waals surface area contributed by atoms with Crippen LogP contribution in [0.25, 0.3) is 0 Å². The highest BCUT2D eigenvalue weighted by molar-refractivity contribution is 7.61. The van der Waals surface area contributed by atoms with Crippen LogP contribution in [0, 0.1) is 6.92 Å². The van der Waals surface area contributed by atoms with Crippen molar-refractivity contribution in [2.75, 3.05) is 0 Å². The fraction of sp³-hybridized carbons (Fsp3) is 0.0714. The summed E-state index contributed by atoms with van der Waals surface area (Å²) in [7, 11) is -3.91. The van der Waals surface area contributed by atoms with Gasteiger partial charge in [-0.1, -0.05) is 54.1 Å². The van der Waals surface area contributed by atoms with Crippen LogP contribution in [-0.2, 0) is 13.9 Å². The fourth-order valence-electron chi connectivity index (χ4n) is 1.27. The number of aryl methyl sites for hydroxylation is 1. The molecule has 2 aromatic carbocycles. The summed E-state index contributed by atoms with van der Waals surface area (Å²) in [5, 5.41) is 0.108. The number of carbonyl (C=O) groups is 1. The van der Waals surface area contributed by atoms with Gasteiger partial charge in [-0.15, -0.1) is 0 Å². The van der Waals surface area contributed by atoms with Crippen molar-refractivity contribution in [2.24, 2.45) is 0 Å². The molecular weight excluding hydrogens is 263 g/mol. The smallest absolute Gasteiger partial charge is 0.391 e. The monoisotopic (exact) mass is 278 g/mol. The Bertz CT molecular complexity index is 540. The number of rotatable bonds is 3. The second-order valence-corrected chi connectivity index (χ2v) is 5.48. The van der Waals surface area contributed by atoms with Gasteiger partial charge in [0.25, 0.3) is 6.47 Å². The minimum Gasteiger partial charge on any atom is -0.391 e. The second-order valence-electron chi connectivity index (χ2n) is 3.71. The summed E-state index contributed by atoms with van der Waals surface area (Å²) in [6.45, 7) is 2.05. The SMILES string of the molecule is Cc1ccccc1.O=COP(=O)(O)c1ccccc1. The summed E-state index contributed by atoms with van der Waals surface area (Å²) in [5.41, 5.74) is 1.32. The first-order chi connectivity index (χ1) is 9.06. The Morgan fingerprint density at radius 2 is 1.47 bits per heavy atom. The lowest BCUT2D eigenvalue weighted by Crippen LogP contribution is -2.05. The lowest BCUT2D eigenvalue weighted by atomic mass is 10.2. The minimum atomic E-state index is -3.91. The van der Waals surface area contributed by atoms with E-state index >= 15 is 0 Å². The largest absolute Gasteiger partial charge is 0.410 e. The zero-order valence-electron chi connectivity index (χ0n) is 10.5. The average molecular weight is 278 g/mol. The minimum absolute atomic E-state index is 0.0340. The van der Waals surface area contributed by atoms with Gasteiger partial charge >= 0.3 is 7.60 Å². The quantitative estimate of drug-likeness (QED) is 0.692. The van der Waals surface area contributed by atoms with E-state index in [0.717, 1.165) is 0 Å². The Morgan fingerprint density at radius 1 is 1.00 bits per heavy atom. The van der Waals surface area contributed by atoms with E-state index in [1.165, 1.54) is 17.7 Å². The van der Waals surface area contributed by atoms with Gasteiger partial charge in [0.2, 0.25) is 0 Å². The van der Waals surface area contributed by atoms with Gasteiger partial charge in [-0.3, -0.25) is 4.79 Å². The van der Waals surface area contributed by atoms with Crippen LogP contribution < -0.4 is 5.30 Å². The highest BCUT2D eigenvalue weighted by atomic mass is 31.2. The van der Waals surface area contributed by atoms with Crippen LogP contribution in [0.2, 0.25) is 0 Å². The molecule has 1 unspecified atom stereocenters. The molecule has 0 aliphatic carbocycles. The summed E-state index contributed by atoms with van der Waals surface area (Å²) < 4.78 is 15.2. The highest BCUT2D eigenvalue weighted by Gasteiger charge is 2.22. The number of carbonyl (C=O) groups excluding carboxylic acids is 1. The standard InChI is InChI=1S/C7H7O4P.C7H8/c8-6-11-12(9,10)7-4-2-1-3-5-7;1-7-5-3-2-4-6-7/h1-6H,(H,9,10);2-6H,1H3. The van der Waals surface area contributed by atoms with E-state index < -0.39 is 7.60 Å². The molecule has 0 saturated heterocycles. The predicted molar refractivity (Wildman–Crippen MR) is 74.2 cm³/mol. The number of benzene rings is 2. The van der Waals surface area contributed by atoms with Crippen LogP contribution >= 0.6 is 7.60 Å². The Hall–Kier alpha value is -1.90. The lowest BCUT2D eigenvalue weighted by Gasteiger charge is -2.06. The van der Waals surface area contributed by atoms with Crippen LogP contribution in [0.5, 0.6) is 0 Å². The van der Waals surface area contributed by atoms with Crippen LogP contribution in [0.15, 0.2) is 60.7 Å². The summed E-state index contributed by atoms with van der Waals surface area (Å²) >= 11 is 0. The third-order valence-electron chi connectivity index (χ3n) is 2.21. The molecule has 0 spiro atoms. The average Bonchev–Trinajstić information content (AvgIpc) is 2.41. The normalized spacial score (nSPS) is 12.5. The van der Waals surface area contributed by atoms with Crippen molar-refractivity contribution >= 4 is 19.4 Å². The van der Waals surface area contributed by atoms with E-state index in [1.54, 1.807) is 18.2 Å². The molecule has 0 radical (unpaired) electrons. The molecule has 0 aliphatic rings. The van der Waals surface area contributed by atoms with Crippen LogP contribution in [0.4, 0.5) is 0 Å². The van der Waals surface area contributed by atoms with Gasteiger partial charge in [0.05, 0.1) is 5.30 Å². The topological polar surface area (TPSA) is 63.6 Å². The Balaban J connectivity index is 0.000000218. The molecule has 0 fully saturated rings. The maximum atomic E-state index is 11.1. The van der Waals surface area contributed by atoms with Gasteiger partial charge in [0.1, 0.15) is 0 Å². The molecule has 5 heteroatoms. The van der Waals surface area contributed by atoms with Crippen molar-refractivity contribution in [3.05, 3.63) is 66.2 Å².